The van der Waals surface area contributed by atoms with Crippen LogP contribution in [0.3, 0.4) is 0 Å². The van der Waals surface area contributed by atoms with Crippen LogP contribution in [0.15, 0.2) is 16.7 Å². The highest BCUT2D eigenvalue weighted by Gasteiger charge is 2.15. The van der Waals surface area contributed by atoms with E-state index in [1.807, 2.05) is 13.8 Å². The van der Waals surface area contributed by atoms with Crippen molar-refractivity contribution in [1.82, 2.24) is 4.98 Å². The molecule has 1 heterocycles. The Morgan fingerprint density at radius 2 is 2.29 bits per heavy atom. The van der Waals surface area contributed by atoms with Gasteiger partial charge in [-0.15, -0.1) is 6.42 Å². The summed E-state index contributed by atoms with van der Waals surface area (Å²) in [6.07, 6.45) is 7.01. The standard InChI is InChI=1S/C10H10BrClN2/c1-4-10(2,3)14-9-8(12)5-7(11)6-13-9/h1,5-6H,2-3H3,(H,13,14). The molecule has 0 aliphatic rings. The Bertz CT molecular complexity index is 382. The van der Waals surface area contributed by atoms with Gasteiger partial charge in [-0.3, -0.25) is 0 Å². The van der Waals surface area contributed by atoms with Gasteiger partial charge < -0.3 is 5.32 Å². The number of pyridine rings is 1. The van der Waals surface area contributed by atoms with Crippen molar-refractivity contribution in [2.75, 3.05) is 5.32 Å². The van der Waals surface area contributed by atoms with E-state index in [1.54, 1.807) is 12.3 Å². The molecule has 0 aromatic carbocycles. The molecule has 1 rings (SSSR count). The predicted octanol–water partition coefficient (Wildman–Crippen LogP) is 3.32. The van der Waals surface area contributed by atoms with Crippen molar-refractivity contribution in [2.45, 2.75) is 19.4 Å². The molecule has 0 bridgehead atoms. The molecule has 0 amide bonds. The van der Waals surface area contributed by atoms with Crippen LogP contribution in [-0.4, -0.2) is 10.5 Å². The number of nitrogens with zero attached hydrogens (tertiary/aromatic N) is 1. The number of hydrogen-bond acceptors (Lipinski definition) is 2. The molecule has 4 heteroatoms. The van der Waals surface area contributed by atoms with E-state index in [4.69, 9.17) is 18.0 Å². The quantitative estimate of drug-likeness (QED) is 0.836. The van der Waals surface area contributed by atoms with Gasteiger partial charge in [0.1, 0.15) is 5.82 Å². The van der Waals surface area contributed by atoms with Crippen molar-refractivity contribution < 1.29 is 0 Å². The smallest absolute Gasteiger partial charge is 0.145 e. The Morgan fingerprint density at radius 1 is 1.64 bits per heavy atom. The van der Waals surface area contributed by atoms with Crippen LogP contribution in [0.4, 0.5) is 5.82 Å². The monoisotopic (exact) mass is 272 g/mol. The van der Waals surface area contributed by atoms with Crippen LogP contribution >= 0.6 is 27.5 Å². The maximum atomic E-state index is 5.97. The average Bonchev–Trinajstić information content (AvgIpc) is 2.10. The molecular formula is C10H10BrClN2. The Balaban J connectivity index is 2.94. The summed E-state index contributed by atoms with van der Waals surface area (Å²) in [6.45, 7) is 3.76. The molecule has 1 N–H and O–H groups in total. The molecule has 0 saturated heterocycles. The Morgan fingerprint density at radius 3 is 2.79 bits per heavy atom. The minimum absolute atomic E-state index is 0.454. The van der Waals surface area contributed by atoms with E-state index in [0.717, 1.165) is 4.47 Å². The van der Waals surface area contributed by atoms with Gasteiger partial charge in [-0.1, -0.05) is 17.5 Å². The molecule has 1 aromatic heterocycles. The fourth-order valence-electron chi connectivity index (χ4n) is 0.839. The lowest BCUT2D eigenvalue weighted by Gasteiger charge is -2.20. The maximum absolute atomic E-state index is 5.97. The van der Waals surface area contributed by atoms with Crippen molar-refractivity contribution in [1.29, 1.82) is 0 Å². The number of terminal acetylenes is 1. The first kappa shape index (κ1) is 11.4. The van der Waals surface area contributed by atoms with Gasteiger partial charge in [0.25, 0.3) is 0 Å². The zero-order valence-corrected chi connectivity index (χ0v) is 10.3. The van der Waals surface area contributed by atoms with Crippen LogP contribution in [0, 0.1) is 12.3 Å². The summed E-state index contributed by atoms with van der Waals surface area (Å²) in [6, 6.07) is 1.77. The molecule has 0 saturated carbocycles. The molecule has 2 nitrogen and oxygen atoms in total. The largest absolute Gasteiger partial charge is 0.353 e. The summed E-state index contributed by atoms with van der Waals surface area (Å²) in [5.41, 5.74) is -0.454. The first-order valence-corrected chi connectivity index (χ1v) is 5.19. The van der Waals surface area contributed by atoms with Crippen LogP contribution in [0.1, 0.15) is 13.8 Å². The first-order valence-electron chi connectivity index (χ1n) is 4.01. The van der Waals surface area contributed by atoms with Gasteiger partial charge in [-0.2, -0.15) is 0 Å². The van der Waals surface area contributed by atoms with Crippen molar-refractivity contribution in [3.8, 4) is 12.3 Å². The van der Waals surface area contributed by atoms with Crippen LogP contribution < -0.4 is 5.32 Å². The molecule has 0 aliphatic heterocycles. The van der Waals surface area contributed by atoms with Gasteiger partial charge in [0.15, 0.2) is 0 Å². The molecule has 74 valence electrons. The van der Waals surface area contributed by atoms with Gasteiger partial charge >= 0.3 is 0 Å². The predicted molar refractivity (Wildman–Crippen MR) is 63.5 cm³/mol. The van der Waals surface area contributed by atoms with Crippen LogP contribution in [0.2, 0.25) is 5.02 Å². The average molecular weight is 274 g/mol. The number of rotatable bonds is 2. The highest BCUT2D eigenvalue weighted by Crippen LogP contribution is 2.25. The molecule has 0 atom stereocenters. The van der Waals surface area contributed by atoms with E-state index in [9.17, 15) is 0 Å². The summed E-state index contributed by atoms with van der Waals surface area (Å²) in [4.78, 5) is 4.13. The number of anilines is 1. The highest BCUT2D eigenvalue weighted by atomic mass is 79.9. The zero-order valence-electron chi connectivity index (χ0n) is 7.94. The lowest BCUT2D eigenvalue weighted by atomic mass is 10.1. The first-order chi connectivity index (χ1) is 6.44. The van der Waals surface area contributed by atoms with Crippen molar-refractivity contribution >= 4 is 33.3 Å². The van der Waals surface area contributed by atoms with E-state index >= 15 is 0 Å². The molecular weight excluding hydrogens is 263 g/mol. The molecule has 0 radical (unpaired) electrons. The fourth-order valence-corrected chi connectivity index (χ4v) is 1.52. The molecule has 0 aliphatic carbocycles. The summed E-state index contributed by atoms with van der Waals surface area (Å²) < 4.78 is 0.839. The lowest BCUT2D eigenvalue weighted by molar-refractivity contribution is 0.736. The molecule has 1 aromatic rings. The second-order valence-corrected chi connectivity index (χ2v) is 4.70. The highest BCUT2D eigenvalue weighted by molar-refractivity contribution is 9.10. The lowest BCUT2D eigenvalue weighted by Crippen LogP contribution is -2.29. The third kappa shape index (κ3) is 2.90. The molecule has 0 unspecified atom stereocenters. The summed E-state index contributed by atoms with van der Waals surface area (Å²) in [5.74, 6) is 3.21. The van der Waals surface area contributed by atoms with E-state index in [2.05, 4.69) is 32.2 Å². The summed E-state index contributed by atoms with van der Waals surface area (Å²) in [7, 11) is 0. The molecule has 14 heavy (non-hydrogen) atoms. The number of nitrogens with one attached hydrogen (secondary N) is 1. The second kappa shape index (κ2) is 4.20. The normalized spacial score (nSPS) is 10.8. The second-order valence-electron chi connectivity index (χ2n) is 3.38. The minimum atomic E-state index is -0.454. The third-order valence-electron chi connectivity index (χ3n) is 1.60. The van der Waals surface area contributed by atoms with E-state index in [-0.39, 0.29) is 0 Å². The van der Waals surface area contributed by atoms with Crippen molar-refractivity contribution in [3.63, 3.8) is 0 Å². The van der Waals surface area contributed by atoms with Crippen LogP contribution in [0.25, 0.3) is 0 Å². The Hall–Kier alpha value is -0.720. The Kier molecular flexibility index (Phi) is 3.41. The summed E-state index contributed by atoms with van der Waals surface area (Å²) in [5, 5.41) is 3.61. The van der Waals surface area contributed by atoms with E-state index in [1.165, 1.54) is 0 Å². The van der Waals surface area contributed by atoms with Crippen molar-refractivity contribution in [2.24, 2.45) is 0 Å². The van der Waals surface area contributed by atoms with Gasteiger partial charge in [0.05, 0.1) is 10.6 Å². The van der Waals surface area contributed by atoms with Crippen LogP contribution in [0.5, 0.6) is 0 Å². The molecule has 0 fully saturated rings. The zero-order chi connectivity index (χ0) is 10.8. The van der Waals surface area contributed by atoms with E-state index in [0.29, 0.717) is 10.8 Å². The van der Waals surface area contributed by atoms with Gasteiger partial charge in [0.2, 0.25) is 0 Å². The van der Waals surface area contributed by atoms with Gasteiger partial charge in [-0.05, 0) is 35.8 Å². The fraction of sp³-hybridized carbons (Fsp3) is 0.300. The number of hydrogen-bond donors (Lipinski definition) is 1. The third-order valence-corrected chi connectivity index (χ3v) is 2.32. The van der Waals surface area contributed by atoms with Crippen LogP contribution in [-0.2, 0) is 0 Å². The van der Waals surface area contributed by atoms with Gasteiger partial charge in [-0.25, -0.2) is 4.98 Å². The Labute approximate surface area is 97.2 Å². The maximum Gasteiger partial charge on any atom is 0.145 e. The number of aromatic nitrogens is 1. The van der Waals surface area contributed by atoms with E-state index < -0.39 is 5.54 Å². The molecule has 0 spiro atoms. The minimum Gasteiger partial charge on any atom is -0.353 e. The topological polar surface area (TPSA) is 24.9 Å². The van der Waals surface area contributed by atoms with Crippen molar-refractivity contribution in [3.05, 3.63) is 21.8 Å². The number of halogens is 2. The van der Waals surface area contributed by atoms with Gasteiger partial charge in [0, 0.05) is 10.7 Å². The summed E-state index contributed by atoms with van der Waals surface area (Å²) >= 11 is 9.25. The SMILES string of the molecule is C#CC(C)(C)Nc1ncc(Br)cc1Cl.